The molecule has 138 valence electrons. The molecule has 1 saturated heterocycles. The molecule has 6 nitrogen and oxygen atoms in total. The topological polar surface area (TPSA) is 71.2 Å². The van der Waals surface area contributed by atoms with Crippen molar-refractivity contribution in [3.8, 4) is 5.75 Å². The van der Waals surface area contributed by atoms with Crippen molar-refractivity contribution in [1.29, 1.82) is 0 Å². The normalized spacial score (nSPS) is 17.0. The van der Waals surface area contributed by atoms with Gasteiger partial charge < -0.3 is 14.6 Å². The minimum absolute atomic E-state index is 0.0290. The fraction of sp³-hybridized carbons (Fsp3) is 0.286. The molecule has 0 spiro atoms. The molecular weight excluding hydrogens is 340 g/mol. The van der Waals surface area contributed by atoms with E-state index in [1.165, 1.54) is 0 Å². The van der Waals surface area contributed by atoms with Gasteiger partial charge in [0, 0.05) is 37.6 Å². The highest BCUT2D eigenvalue weighted by molar-refractivity contribution is 5.96. The molecule has 1 aromatic carbocycles. The number of rotatable bonds is 4. The van der Waals surface area contributed by atoms with E-state index in [0.29, 0.717) is 25.2 Å². The number of benzene rings is 1. The summed E-state index contributed by atoms with van der Waals surface area (Å²) in [6.07, 6.45) is 7.47. The molecular formula is C21H22N4O2. The third-order valence-corrected chi connectivity index (χ3v) is 5.01. The fourth-order valence-electron chi connectivity index (χ4n) is 3.68. The van der Waals surface area contributed by atoms with Crippen LogP contribution in [0.25, 0.3) is 0 Å². The number of nitrogens with zero attached hydrogens (tertiary/aromatic N) is 4. The Balaban J connectivity index is 1.52. The van der Waals surface area contributed by atoms with Gasteiger partial charge in [0.2, 0.25) is 0 Å². The van der Waals surface area contributed by atoms with Crippen molar-refractivity contribution in [1.82, 2.24) is 19.4 Å². The summed E-state index contributed by atoms with van der Waals surface area (Å²) in [7, 11) is 0. The van der Waals surface area contributed by atoms with Crippen molar-refractivity contribution in [3.05, 3.63) is 78.1 Å². The number of pyridine rings is 1. The Bertz CT molecular complexity index is 923. The Kier molecular flexibility index (Phi) is 4.87. The molecule has 1 atom stereocenters. The first-order valence-corrected chi connectivity index (χ1v) is 9.20. The van der Waals surface area contributed by atoms with Gasteiger partial charge in [-0.25, -0.2) is 4.98 Å². The van der Waals surface area contributed by atoms with Gasteiger partial charge in [-0.3, -0.25) is 9.78 Å². The average Bonchev–Trinajstić information content (AvgIpc) is 3.17. The van der Waals surface area contributed by atoms with E-state index in [4.69, 9.17) is 0 Å². The number of piperidine rings is 1. The van der Waals surface area contributed by atoms with Crippen LogP contribution in [0.3, 0.4) is 0 Å². The van der Waals surface area contributed by atoms with Crippen LogP contribution in [0.5, 0.6) is 5.75 Å². The summed E-state index contributed by atoms with van der Waals surface area (Å²) in [6, 6.07) is 12.6. The molecule has 3 aromatic rings. The molecule has 3 heterocycles. The first kappa shape index (κ1) is 17.3. The van der Waals surface area contributed by atoms with Gasteiger partial charge in [-0.1, -0.05) is 18.2 Å². The summed E-state index contributed by atoms with van der Waals surface area (Å²) < 4.78 is 2.11. The summed E-state index contributed by atoms with van der Waals surface area (Å²) >= 11 is 0. The predicted octanol–water partition coefficient (Wildman–Crippen LogP) is 3.05. The Morgan fingerprint density at radius 1 is 1.11 bits per heavy atom. The van der Waals surface area contributed by atoms with Crippen LogP contribution in [0.4, 0.5) is 0 Å². The number of phenolic OH excluding ortho intramolecular Hbond substituents is 1. The quantitative estimate of drug-likeness (QED) is 0.774. The largest absolute Gasteiger partial charge is 0.507 e. The number of hydrogen-bond acceptors (Lipinski definition) is 4. The Labute approximate surface area is 158 Å². The molecule has 1 unspecified atom stereocenters. The van der Waals surface area contributed by atoms with Crippen LogP contribution >= 0.6 is 0 Å². The lowest BCUT2D eigenvalue weighted by Gasteiger charge is -2.33. The Morgan fingerprint density at radius 2 is 1.96 bits per heavy atom. The zero-order valence-electron chi connectivity index (χ0n) is 15.0. The minimum Gasteiger partial charge on any atom is -0.507 e. The van der Waals surface area contributed by atoms with Crippen LogP contribution in [0.1, 0.15) is 40.6 Å². The number of para-hydroxylation sites is 1. The van der Waals surface area contributed by atoms with Crippen molar-refractivity contribution >= 4 is 5.91 Å². The van der Waals surface area contributed by atoms with Gasteiger partial charge in [0.15, 0.2) is 0 Å². The SMILES string of the molecule is O=C(c1ccccc1O)N1CCCC(c2nccn2Cc2ccccn2)C1. The van der Waals surface area contributed by atoms with Crippen molar-refractivity contribution in [3.63, 3.8) is 0 Å². The number of amides is 1. The molecule has 27 heavy (non-hydrogen) atoms. The third kappa shape index (κ3) is 3.69. The van der Waals surface area contributed by atoms with Gasteiger partial charge in [-0.05, 0) is 37.1 Å². The van der Waals surface area contributed by atoms with Gasteiger partial charge in [0.05, 0.1) is 17.8 Å². The number of carbonyl (C=O) groups excluding carboxylic acids is 1. The molecule has 6 heteroatoms. The van der Waals surface area contributed by atoms with E-state index >= 15 is 0 Å². The van der Waals surface area contributed by atoms with E-state index < -0.39 is 0 Å². The Morgan fingerprint density at radius 3 is 2.78 bits per heavy atom. The minimum atomic E-state index is -0.124. The van der Waals surface area contributed by atoms with E-state index in [9.17, 15) is 9.90 Å². The summed E-state index contributed by atoms with van der Waals surface area (Å²) in [5.41, 5.74) is 1.34. The highest BCUT2D eigenvalue weighted by Crippen LogP contribution is 2.28. The van der Waals surface area contributed by atoms with Gasteiger partial charge in [0.25, 0.3) is 5.91 Å². The van der Waals surface area contributed by atoms with Gasteiger partial charge >= 0.3 is 0 Å². The highest BCUT2D eigenvalue weighted by Gasteiger charge is 2.29. The Hall–Kier alpha value is -3.15. The average molecular weight is 362 g/mol. The smallest absolute Gasteiger partial charge is 0.257 e. The maximum Gasteiger partial charge on any atom is 0.257 e. The van der Waals surface area contributed by atoms with Crippen molar-refractivity contribution in [2.24, 2.45) is 0 Å². The molecule has 1 fully saturated rings. The number of aromatic nitrogens is 3. The number of imidazole rings is 1. The fourth-order valence-corrected chi connectivity index (χ4v) is 3.68. The summed E-state index contributed by atoms with van der Waals surface area (Å²) in [4.78, 5) is 23.6. The lowest BCUT2D eigenvalue weighted by Crippen LogP contribution is -2.39. The molecule has 0 radical (unpaired) electrons. The second kappa shape index (κ2) is 7.61. The van der Waals surface area contributed by atoms with E-state index in [1.807, 2.05) is 35.5 Å². The highest BCUT2D eigenvalue weighted by atomic mass is 16.3. The van der Waals surface area contributed by atoms with Crippen LogP contribution in [0.15, 0.2) is 61.1 Å². The maximum absolute atomic E-state index is 12.8. The second-order valence-electron chi connectivity index (χ2n) is 6.84. The van der Waals surface area contributed by atoms with Gasteiger partial charge in [-0.2, -0.15) is 0 Å². The van der Waals surface area contributed by atoms with E-state index in [1.54, 1.807) is 30.5 Å². The molecule has 1 aliphatic heterocycles. The van der Waals surface area contributed by atoms with Crippen LogP contribution < -0.4 is 0 Å². The molecule has 1 aliphatic rings. The molecule has 0 saturated carbocycles. The molecule has 0 aliphatic carbocycles. The summed E-state index contributed by atoms with van der Waals surface area (Å²) in [6.45, 7) is 1.97. The number of hydrogen-bond donors (Lipinski definition) is 1. The number of likely N-dealkylation sites (tertiary alicyclic amines) is 1. The van der Waals surface area contributed by atoms with E-state index in [2.05, 4.69) is 14.5 Å². The van der Waals surface area contributed by atoms with Crippen molar-refractivity contribution in [2.45, 2.75) is 25.3 Å². The maximum atomic E-state index is 12.8. The summed E-state index contributed by atoms with van der Waals surface area (Å²) in [5, 5.41) is 10.00. The zero-order chi connectivity index (χ0) is 18.6. The predicted molar refractivity (Wildman–Crippen MR) is 102 cm³/mol. The van der Waals surface area contributed by atoms with Crippen LogP contribution in [0, 0.1) is 0 Å². The summed E-state index contributed by atoms with van der Waals surface area (Å²) in [5.74, 6) is 1.06. The van der Waals surface area contributed by atoms with Crippen molar-refractivity contribution in [2.75, 3.05) is 13.1 Å². The zero-order valence-corrected chi connectivity index (χ0v) is 15.0. The third-order valence-electron chi connectivity index (χ3n) is 5.01. The molecule has 1 amide bonds. The number of phenols is 1. The van der Waals surface area contributed by atoms with Gasteiger partial charge in [-0.15, -0.1) is 0 Å². The first-order valence-electron chi connectivity index (χ1n) is 9.20. The lowest BCUT2D eigenvalue weighted by atomic mass is 9.96. The van der Waals surface area contributed by atoms with Crippen LogP contribution in [-0.2, 0) is 6.54 Å². The first-order chi connectivity index (χ1) is 13.2. The van der Waals surface area contributed by atoms with Crippen LogP contribution in [0.2, 0.25) is 0 Å². The molecule has 2 aromatic heterocycles. The standard InChI is InChI=1S/C21H22N4O2/c26-19-9-2-1-8-18(19)21(27)25-12-5-6-16(14-25)20-23-11-13-24(20)15-17-7-3-4-10-22-17/h1-4,7-11,13,16,26H,5-6,12,14-15H2. The second-order valence-corrected chi connectivity index (χ2v) is 6.84. The molecule has 4 rings (SSSR count). The number of carbonyl (C=O) groups is 1. The van der Waals surface area contributed by atoms with E-state index in [0.717, 1.165) is 24.4 Å². The van der Waals surface area contributed by atoms with Crippen LogP contribution in [-0.4, -0.2) is 43.5 Å². The monoisotopic (exact) mass is 362 g/mol. The molecule has 0 bridgehead atoms. The van der Waals surface area contributed by atoms with Gasteiger partial charge in [0.1, 0.15) is 11.6 Å². The molecule has 1 N–H and O–H groups in total. The van der Waals surface area contributed by atoms with Crippen molar-refractivity contribution < 1.29 is 9.90 Å². The number of aromatic hydroxyl groups is 1. The lowest BCUT2D eigenvalue weighted by molar-refractivity contribution is 0.0700. The van der Waals surface area contributed by atoms with E-state index in [-0.39, 0.29) is 17.6 Å².